The van der Waals surface area contributed by atoms with Crippen LogP contribution in [-0.2, 0) is 32.7 Å². The van der Waals surface area contributed by atoms with Crippen LogP contribution in [0.4, 0.5) is 0 Å². The Morgan fingerprint density at radius 2 is 0.831 bits per heavy atom. The minimum atomic E-state index is -4.39. The van der Waals surface area contributed by atoms with Crippen molar-refractivity contribution in [1.82, 2.24) is 0 Å². The van der Waals surface area contributed by atoms with E-state index >= 15 is 0 Å². The van der Waals surface area contributed by atoms with E-state index in [-0.39, 0.29) is 26.1 Å². The van der Waals surface area contributed by atoms with Gasteiger partial charge in [-0.1, -0.05) is 217 Å². The zero-order valence-electron chi connectivity index (χ0n) is 43.0. The second kappa shape index (κ2) is 47.1. The molecule has 0 aliphatic heterocycles. The average molecular weight is 937 g/mol. The molecule has 0 bridgehead atoms. The van der Waals surface area contributed by atoms with Crippen LogP contribution >= 0.6 is 7.82 Å². The van der Waals surface area contributed by atoms with Crippen LogP contribution in [0.2, 0.25) is 0 Å². The van der Waals surface area contributed by atoms with Gasteiger partial charge in [-0.05, 0) is 57.8 Å². The molecule has 0 aromatic carbocycles. The second-order valence-electron chi connectivity index (χ2n) is 19.3. The first kappa shape index (κ1) is 63.0. The molecule has 0 rings (SSSR count). The third kappa shape index (κ3) is 51.2. The van der Waals surface area contributed by atoms with Crippen LogP contribution in [-0.4, -0.2) is 74.9 Å². The van der Waals surface area contributed by atoms with E-state index in [9.17, 15) is 19.0 Å². The smallest absolute Gasteiger partial charge is 0.462 e. The maximum Gasteiger partial charge on any atom is 0.472 e. The Hall–Kier alpha value is -2.03. The maximum absolute atomic E-state index is 12.8. The first-order valence-corrected chi connectivity index (χ1v) is 28.4. The number of rotatable bonds is 49. The summed E-state index contributed by atoms with van der Waals surface area (Å²) in [5, 5.41) is 0. The van der Waals surface area contributed by atoms with Gasteiger partial charge in [-0.15, -0.1) is 0 Å². The monoisotopic (exact) mass is 937 g/mol. The molecule has 0 radical (unpaired) electrons. The molecule has 0 spiro atoms. The van der Waals surface area contributed by atoms with Crippen molar-refractivity contribution in [3.63, 3.8) is 0 Å². The van der Waals surface area contributed by atoms with Gasteiger partial charge in [0.1, 0.15) is 19.8 Å². The molecule has 2 atom stereocenters. The third-order valence-electron chi connectivity index (χ3n) is 11.6. The van der Waals surface area contributed by atoms with Crippen LogP contribution in [0, 0.1) is 0 Å². The maximum atomic E-state index is 12.8. The molecule has 65 heavy (non-hydrogen) atoms. The minimum Gasteiger partial charge on any atom is -0.462 e. The summed E-state index contributed by atoms with van der Waals surface area (Å²) in [5.74, 6) is -0.826. The summed E-state index contributed by atoms with van der Waals surface area (Å²) in [6.45, 7) is 4.39. The number of unbranched alkanes of at least 4 members (excludes halogenated alkanes) is 27. The Morgan fingerprint density at radius 1 is 0.477 bits per heavy atom. The number of ether oxygens (including phenoxy) is 2. The SMILES string of the molecule is CCCCC/C=C/C/C=C/C/C=C/C/C=C/CCCCCC(=O)OC[C@H](COP(=O)(O)OCC[N+](C)(C)C)OC(=O)CCCCCCCCCCCCCCCCCCCCCCCC. The highest BCUT2D eigenvalue weighted by molar-refractivity contribution is 7.47. The van der Waals surface area contributed by atoms with E-state index in [4.69, 9.17) is 18.5 Å². The first-order chi connectivity index (χ1) is 31.5. The summed E-state index contributed by atoms with van der Waals surface area (Å²) in [4.78, 5) is 35.6. The summed E-state index contributed by atoms with van der Waals surface area (Å²) >= 11 is 0. The lowest BCUT2D eigenvalue weighted by molar-refractivity contribution is -0.870. The van der Waals surface area contributed by atoms with E-state index in [0.29, 0.717) is 23.9 Å². The molecule has 380 valence electrons. The van der Waals surface area contributed by atoms with Gasteiger partial charge in [0.2, 0.25) is 0 Å². The average Bonchev–Trinajstić information content (AvgIpc) is 3.26. The van der Waals surface area contributed by atoms with Gasteiger partial charge in [-0.25, -0.2) is 4.57 Å². The number of quaternary nitrogens is 1. The van der Waals surface area contributed by atoms with Crippen molar-refractivity contribution in [2.24, 2.45) is 0 Å². The van der Waals surface area contributed by atoms with Crippen molar-refractivity contribution >= 4 is 19.8 Å². The Kier molecular flexibility index (Phi) is 45.6. The molecule has 1 unspecified atom stereocenters. The van der Waals surface area contributed by atoms with E-state index in [1.807, 2.05) is 21.1 Å². The van der Waals surface area contributed by atoms with Crippen molar-refractivity contribution in [2.45, 2.75) is 245 Å². The Balaban J connectivity index is 4.26. The molecule has 0 saturated heterocycles. The quantitative estimate of drug-likeness (QED) is 0.0211. The van der Waals surface area contributed by atoms with E-state index in [1.54, 1.807) is 0 Å². The number of esters is 2. The highest BCUT2D eigenvalue weighted by Gasteiger charge is 2.27. The summed E-state index contributed by atoms with van der Waals surface area (Å²) < 4.78 is 34.5. The molecule has 0 aliphatic rings. The molecule has 0 aromatic heterocycles. The molecule has 0 amide bonds. The number of allylic oxidation sites excluding steroid dienone is 8. The highest BCUT2D eigenvalue weighted by atomic mass is 31.2. The van der Waals surface area contributed by atoms with Crippen LogP contribution in [0.15, 0.2) is 48.6 Å². The third-order valence-corrected chi connectivity index (χ3v) is 12.6. The van der Waals surface area contributed by atoms with Crippen molar-refractivity contribution < 1.29 is 42.1 Å². The molecule has 0 saturated carbocycles. The number of phosphoric acid groups is 1. The second-order valence-corrected chi connectivity index (χ2v) is 20.7. The van der Waals surface area contributed by atoms with Crippen molar-refractivity contribution in [3.05, 3.63) is 48.6 Å². The van der Waals surface area contributed by atoms with Crippen LogP contribution in [0.25, 0.3) is 0 Å². The Labute approximate surface area is 401 Å². The highest BCUT2D eigenvalue weighted by Crippen LogP contribution is 2.43. The fourth-order valence-electron chi connectivity index (χ4n) is 7.41. The van der Waals surface area contributed by atoms with Crippen molar-refractivity contribution in [2.75, 3.05) is 47.5 Å². The summed E-state index contributed by atoms with van der Waals surface area (Å²) in [5.41, 5.74) is 0. The topological polar surface area (TPSA) is 108 Å². The largest absolute Gasteiger partial charge is 0.472 e. The molecule has 9 nitrogen and oxygen atoms in total. The molecular weight excluding hydrogens is 834 g/mol. The van der Waals surface area contributed by atoms with Gasteiger partial charge >= 0.3 is 19.8 Å². The molecule has 0 aromatic rings. The number of phosphoric ester groups is 1. The molecule has 1 N–H and O–H groups in total. The van der Waals surface area contributed by atoms with E-state index < -0.39 is 32.5 Å². The standard InChI is InChI=1S/C55H102NO8P/c1-6-8-10-12-14-16-18-20-22-24-26-27-28-30-32-34-36-38-40-42-44-46-48-55(58)64-53(52-63-65(59,60)62-50-49-56(3,4)5)51-61-54(57)47-45-43-41-39-37-35-33-31-29-25-23-21-19-17-15-13-11-9-7-2/h15,17,21,23,29,31,35,37,53H,6-14,16,18-20,22,24-28,30,32-34,36,38-52H2,1-5H3/p+1/b17-15+,23-21+,31-29+,37-35+/t53-/m1/s1. The van der Waals surface area contributed by atoms with Crippen LogP contribution < -0.4 is 0 Å². The summed E-state index contributed by atoms with van der Waals surface area (Å²) in [6, 6.07) is 0. The zero-order chi connectivity index (χ0) is 47.8. The van der Waals surface area contributed by atoms with Crippen LogP contribution in [0.5, 0.6) is 0 Å². The van der Waals surface area contributed by atoms with Crippen molar-refractivity contribution in [1.29, 1.82) is 0 Å². The predicted octanol–water partition coefficient (Wildman–Crippen LogP) is 16.2. The number of hydrogen-bond donors (Lipinski definition) is 1. The van der Waals surface area contributed by atoms with Crippen LogP contribution in [0.1, 0.15) is 239 Å². The number of carbonyl (C=O) groups excluding carboxylic acids is 2. The normalized spacial score (nSPS) is 13.8. The van der Waals surface area contributed by atoms with E-state index in [1.165, 1.54) is 148 Å². The lowest BCUT2D eigenvalue weighted by atomic mass is 10.0. The van der Waals surface area contributed by atoms with Crippen LogP contribution in [0.3, 0.4) is 0 Å². The number of carbonyl (C=O) groups is 2. The number of hydrogen-bond acceptors (Lipinski definition) is 7. The van der Waals surface area contributed by atoms with E-state index in [2.05, 4.69) is 62.5 Å². The lowest BCUT2D eigenvalue weighted by Crippen LogP contribution is -2.37. The van der Waals surface area contributed by atoms with Gasteiger partial charge in [0.05, 0.1) is 27.7 Å². The Bertz CT molecular complexity index is 1240. The molecular formula is C55H103NO8P+. The molecule has 0 fully saturated rings. The van der Waals surface area contributed by atoms with Gasteiger partial charge in [0.25, 0.3) is 0 Å². The molecule has 0 heterocycles. The minimum absolute atomic E-state index is 0.0264. The lowest BCUT2D eigenvalue weighted by Gasteiger charge is -2.24. The summed E-state index contributed by atoms with van der Waals surface area (Å²) in [6.07, 6.45) is 57.4. The molecule has 10 heteroatoms. The fraction of sp³-hybridized carbons (Fsp3) is 0.818. The van der Waals surface area contributed by atoms with Gasteiger partial charge in [-0.3, -0.25) is 18.6 Å². The van der Waals surface area contributed by atoms with Gasteiger partial charge in [0.15, 0.2) is 6.10 Å². The zero-order valence-corrected chi connectivity index (χ0v) is 43.9. The summed E-state index contributed by atoms with van der Waals surface area (Å²) in [7, 11) is 1.46. The van der Waals surface area contributed by atoms with Crippen molar-refractivity contribution in [3.8, 4) is 0 Å². The predicted molar refractivity (Wildman–Crippen MR) is 275 cm³/mol. The molecule has 0 aliphatic carbocycles. The van der Waals surface area contributed by atoms with Gasteiger partial charge in [0, 0.05) is 12.8 Å². The first-order valence-electron chi connectivity index (χ1n) is 26.9. The number of nitrogens with zero attached hydrogens (tertiary/aromatic N) is 1. The van der Waals surface area contributed by atoms with Gasteiger partial charge < -0.3 is 18.9 Å². The Morgan fingerprint density at radius 3 is 1.26 bits per heavy atom. The number of likely N-dealkylation sites (N-methyl/N-ethyl adjacent to an activating group) is 1. The van der Waals surface area contributed by atoms with Gasteiger partial charge in [-0.2, -0.15) is 0 Å². The van der Waals surface area contributed by atoms with E-state index in [0.717, 1.165) is 51.4 Å². The fourth-order valence-corrected chi connectivity index (χ4v) is 8.15.